The molecule has 1 aliphatic carbocycles. The first-order chi connectivity index (χ1) is 8.20. The van der Waals surface area contributed by atoms with Gasteiger partial charge in [-0.25, -0.2) is 4.58 Å². The Morgan fingerprint density at radius 1 is 1.22 bits per heavy atom. The quantitative estimate of drug-likeness (QED) is 0.381. The van der Waals surface area contributed by atoms with E-state index >= 15 is 0 Å². The molecule has 1 rings (SSSR count). The van der Waals surface area contributed by atoms with E-state index in [-0.39, 0.29) is 11.0 Å². The first kappa shape index (κ1) is 14.7. The number of allylic oxidation sites excluding steroid dienone is 5. The Morgan fingerprint density at radius 2 is 1.78 bits per heavy atom. The highest BCUT2D eigenvalue weighted by Crippen LogP contribution is 2.63. The lowest BCUT2D eigenvalue weighted by molar-refractivity contribution is -0.529. The van der Waals surface area contributed by atoms with Gasteiger partial charge in [0.2, 0.25) is 0 Å². The molecule has 0 aromatic carbocycles. The second-order valence-corrected chi connectivity index (χ2v) is 5.80. The third-order valence-corrected chi connectivity index (χ3v) is 4.49. The van der Waals surface area contributed by atoms with Crippen molar-refractivity contribution in [2.45, 2.75) is 46.6 Å². The summed E-state index contributed by atoms with van der Waals surface area (Å²) in [6.45, 7) is 23.1. The summed E-state index contributed by atoms with van der Waals surface area (Å²) < 4.78 is 2.13. The first-order valence-electron chi connectivity index (χ1n) is 6.46. The zero-order valence-electron chi connectivity index (χ0n) is 12.5. The van der Waals surface area contributed by atoms with Crippen LogP contribution >= 0.6 is 0 Å². The average molecular weight is 244 g/mol. The van der Waals surface area contributed by atoms with Crippen LogP contribution in [0, 0.1) is 5.41 Å². The third-order valence-electron chi connectivity index (χ3n) is 4.49. The van der Waals surface area contributed by atoms with E-state index in [1.54, 1.807) is 0 Å². The molecular weight excluding hydrogens is 218 g/mol. The lowest BCUT2D eigenvalue weighted by Crippen LogP contribution is -2.29. The molecule has 0 aromatic rings. The molecule has 1 heteroatoms. The van der Waals surface area contributed by atoms with Gasteiger partial charge in [-0.3, -0.25) is 0 Å². The molecule has 98 valence electrons. The molecular formula is C17H26N+. The van der Waals surface area contributed by atoms with Gasteiger partial charge in [-0.05, 0) is 26.3 Å². The molecule has 0 radical (unpaired) electrons. The SMILES string of the molecule is C=C(C)C(=C)C1(C)CC1(C)[N+](=C)/C(C)=C/C=C\C. The van der Waals surface area contributed by atoms with E-state index in [0.29, 0.717) is 0 Å². The summed E-state index contributed by atoms with van der Waals surface area (Å²) in [4.78, 5) is 0. The van der Waals surface area contributed by atoms with Crippen LogP contribution in [0.1, 0.15) is 41.0 Å². The van der Waals surface area contributed by atoms with Crippen molar-refractivity contribution >= 4 is 6.72 Å². The average Bonchev–Trinajstić information content (AvgIpc) is 2.89. The summed E-state index contributed by atoms with van der Waals surface area (Å²) >= 11 is 0. The van der Waals surface area contributed by atoms with Crippen LogP contribution in [0.25, 0.3) is 0 Å². The molecule has 0 aliphatic heterocycles. The Morgan fingerprint density at radius 3 is 2.22 bits per heavy atom. The Hall–Kier alpha value is -1.37. The van der Waals surface area contributed by atoms with E-state index in [1.807, 2.05) is 26.0 Å². The molecule has 0 aromatic heterocycles. The summed E-state index contributed by atoms with van der Waals surface area (Å²) in [6.07, 6.45) is 7.25. The van der Waals surface area contributed by atoms with Crippen molar-refractivity contribution < 1.29 is 4.58 Å². The van der Waals surface area contributed by atoms with Crippen LogP contribution in [0.15, 0.2) is 48.2 Å². The van der Waals surface area contributed by atoms with Crippen molar-refractivity contribution in [1.82, 2.24) is 0 Å². The number of hydrogen-bond acceptors (Lipinski definition) is 0. The fraction of sp³-hybridized carbons (Fsp3) is 0.471. The third kappa shape index (κ3) is 2.14. The van der Waals surface area contributed by atoms with Gasteiger partial charge < -0.3 is 0 Å². The van der Waals surface area contributed by atoms with Crippen LogP contribution in [0.5, 0.6) is 0 Å². The van der Waals surface area contributed by atoms with Gasteiger partial charge >= 0.3 is 0 Å². The van der Waals surface area contributed by atoms with Crippen molar-refractivity contribution in [3.63, 3.8) is 0 Å². The van der Waals surface area contributed by atoms with Gasteiger partial charge in [0.05, 0.1) is 5.41 Å². The van der Waals surface area contributed by atoms with E-state index in [0.717, 1.165) is 17.6 Å². The summed E-state index contributed by atoms with van der Waals surface area (Å²) in [5.74, 6) is 0. The number of rotatable bonds is 5. The summed E-state index contributed by atoms with van der Waals surface area (Å²) in [7, 11) is 0. The maximum atomic E-state index is 4.22. The van der Waals surface area contributed by atoms with Gasteiger partial charge in [-0.1, -0.05) is 30.9 Å². The molecule has 1 aliphatic rings. The van der Waals surface area contributed by atoms with E-state index in [9.17, 15) is 0 Å². The molecule has 18 heavy (non-hydrogen) atoms. The van der Waals surface area contributed by atoms with Crippen molar-refractivity contribution in [3.05, 3.63) is 48.2 Å². The van der Waals surface area contributed by atoms with E-state index in [1.165, 1.54) is 5.70 Å². The Balaban J connectivity index is 2.97. The van der Waals surface area contributed by atoms with Crippen LogP contribution in [0.2, 0.25) is 0 Å². The molecule has 0 bridgehead atoms. The van der Waals surface area contributed by atoms with Crippen molar-refractivity contribution in [2.75, 3.05) is 0 Å². The van der Waals surface area contributed by atoms with Crippen molar-refractivity contribution in [3.8, 4) is 0 Å². The summed E-state index contributed by atoms with van der Waals surface area (Å²) in [6, 6.07) is 0. The second-order valence-electron chi connectivity index (χ2n) is 5.80. The van der Waals surface area contributed by atoms with Gasteiger partial charge in [0.25, 0.3) is 0 Å². The maximum Gasteiger partial charge on any atom is 0.178 e. The van der Waals surface area contributed by atoms with Gasteiger partial charge in [-0.2, -0.15) is 0 Å². The van der Waals surface area contributed by atoms with Crippen LogP contribution in [0.4, 0.5) is 0 Å². The Bertz CT molecular complexity index is 464. The normalized spacial score (nSPS) is 31.5. The minimum Gasteiger partial charge on any atom is -0.203 e. The molecule has 2 atom stereocenters. The zero-order chi connectivity index (χ0) is 14.1. The predicted molar refractivity (Wildman–Crippen MR) is 81.0 cm³/mol. The maximum absolute atomic E-state index is 4.22. The largest absolute Gasteiger partial charge is 0.203 e. The standard InChI is InChI=1S/C17H26N/c1-9-10-11-14(4)18(8)17(7)12-16(17,6)15(5)13(2)3/h9-11H,2,5,8,12H2,1,3-4,6-7H3/q+1/b10-9-,14-11+. The van der Waals surface area contributed by atoms with E-state index in [4.69, 9.17) is 0 Å². The molecule has 1 saturated carbocycles. The van der Waals surface area contributed by atoms with Crippen molar-refractivity contribution in [2.24, 2.45) is 5.41 Å². The molecule has 1 nitrogen and oxygen atoms in total. The van der Waals surface area contributed by atoms with Gasteiger partial charge in [0.1, 0.15) is 6.72 Å². The highest BCUT2D eigenvalue weighted by atomic mass is 15.1. The molecule has 0 spiro atoms. The minimum absolute atomic E-state index is 0.0468. The van der Waals surface area contributed by atoms with Crippen LogP contribution in [0.3, 0.4) is 0 Å². The van der Waals surface area contributed by atoms with Crippen LogP contribution in [-0.4, -0.2) is 16.8 Å². The highest BCUT2D eigenvalue weighted by molar-refractivity contribution is 5.41. The molecule has 0 N–H and O–H groups in total. The number of nitrogens with zero attached hydrogens (tertiary/aromatic N) is 1. The van der Waals surface area contributed by atoms with Gasteiger partial charge in [0, 0.05) is 26.3 Å². The predicted octanol–water partition coefficient (Wildman–Crippen LogP) is 4.48. The lowest BCUT2D eigenvalue weighted by Gasteiger charge is -2.19. The molecule has 1 fully saturated rings. The smallest absolute Gasteiger partial charge is 0.178 e. The monoisotopic (exact) mass is 244 g/mol. The first-order valence-corrected chi connectivity index (χ1v) is 6.46. The van der Waals surface area contributed by atoms with Crippen molar-refractivity contribution in [1.29, 1.82) is 0 Å². The molecule has 0 heterocycles. The Labute approximate surface area is 112 Å². The topological polar surface area (TPSA) is 3.01 Å². The molecule has 0 saturated heterocycles. The van der Waals surface area contributed by atoms with Crippen LogP contribution < -0.4 is 0 Å². The van der Waals surface area contributed by atoms with E-state index in [2.05, 4.69) is 51.3 Å². The zero-order valence-corrected chi connectivity index (χ0v) is 12.5. The number of hydrogen-bond donors (Lipinski definition) is 0. The summed E-state index contributed by atoms with van der Waals surface area (Å²) in [5, 5.41) is 0. The van der Waals surface area contributed by atoms with Gasteiger partial charge in [0.15, 0.2) is 11.2 Å². The second kappa shape index (κ2) is 4.72. The molecule has 2 unspecified atom stereocenters. The molecule has 0 amide bonds. The van der Waals surface area contributed by atoms with Gasteiger partial charge in [-0.15, -0.1) is 0 Å². The fourth-order valence-electron chi connectivity index (χ4n) is 2.65. The highest BCUT2D eigenvalue weighted by Gasteiger charge is 2.71. The van der Waals surface area contributed by atoms with Crippen LogP contribution in [-0.2, 0) is 0 Å². The summed E-state index contributed by atoms with van der Waals surface area (Å²) in [5.41, 5.74) is 3.53. The fourth-order valence-corrected chi connectivity index (χ4v) is 2.65. The minimum atomic E-state index is 0.0468. The van der Waals surface area contributed by atoms with E-state index < -0.39 is 0 Å². The lowest BCUT2D eigenvalue weighted by atomic mass is 9.89. The Kier molecular flexibility index (Phi) is 3.85.